The number of aliphatic carboxylic acids is 2. The topological polar surface area (TPSA) is 412 Å². The lowest BCUT2D eigenvalue weighted by molar-refractivity contribution is -0.144. The van der Waals surface area contributed by atoms with Crippen molar-refractivity contribution in [3.8, 4) is 23.0 Å². The van der Waals surface area contributed by atoms with Crippen LogP contribution >= 0.6 is 0 Å². The Labute approximate surface area is 625 Å². The van der Waals surface area contributed by atoms with Crippen LogP contribution in [-0.2, 0) is 86.8 Å². The molecule has 0 unspecified atom stereocenters. The molecule has 108 heavy (non-hydrogen) atoms. The molecule has 6 aliphatic rings. The van der Waals surface area contributed by atoms with E-state index in [0.717, 1.165) is 0 Å². The summed E-state index contributed by atoms with van der Waals surface area (Å²) in [5, 5.41) is 61.3. The number of nitrogens with one attached hydrogen (secondary N) is 8. The van der Waals surface area contributed by atoms with E-state index in [1.165, 1.54) is 19.2 Å². The van der Waals surface area contributed by atoms with Crippen LogP contribution in [0.25, 0.3) is 0 Å². The van der Waals surface area contributed by atoms with Crippen LogP contribution in [0.2, 0.25) is 0 Å². The molecule has 2 aromatic heterocycles. The van der Waals surface area contributed by atoms with E-state index in [2.05, 4.69) is 76.3 Å². The summed E-state index contributed by atoms with van der Waals surface area (Å²) in [5.74, 6) is -7.35. The molecule has 0 aliphatic carbocycles. The Kier molecular flexibility index (Phi) is 28.1. The first-order chi connectivity index (χ1) is 51.7. The van der Waals surface area contributed by atoms with Gasteiger partial charge in [0.1, 0.15) is 109 Å². The summed E-state index contributed by atoms with van der Waals surface area (Å²) in [6.07, 6.45) is 5.51. The number of aromatic nitrogens is 6. The summed E-state index contributed by atoms with van der Waals surface area (Å²) in [7, 11) is 3.20. The Morgan fingerprint density at radius 2 is 0.898 bits per heavy atom. The van der Waals surface area contributed by atoms with Crippen LogP contribution in [0.4, 0.5) is 0 Å². The summed E-state index contributed by atoms with van der Waals surface area (Å²) in [4.78, 5) is 145. The number of nitrogens with zero attached hydrogens (tertiary/aromatic N) is 8. The smallest absolute Gasteiger partial charge is 0.326 e. The van der Waals surface area contributed by atoms with Crippen molar-refractivity contribution in [1.82, 2.24) is 82.3 Å². The maximum Gasteiger partial charge on any atom is 0.326 e. The van der Waals surface area contributed by atoms with Gasteiger partial charge in [0.25, 0.3) is 0 Å². The average Bonchev–Trinajstić information content (AvgIpc) is 1.64. The van der Waals surface area contributed by atoms with Gasteiger partial charge < -0.3 is 81.5 Å². The lowest BCUT2D eigenvalue weighted by Gasteiger charge is -2.32. The van der Waals surface area contributed by atoms with Crippen molar-refractivity contribution in [3.63, 3.8) is 0 Å². The minimum Gasteiger partial charge on any atom is -0.490 e. The van der Waals surface area contributed by atoms with Gasteiger partial charge in [0.05, 0.1) is 36.6 Å². The number of ether oxygens (including phenoxy) is 4. The molecule has 12 bridgehead atoms. The number of likely N-dealkylation sites (tertiary alicyclic amines) is 2. The second-order valence-electron chi connectivity index (χ2n) is 27.7. The SMILES string of the molecule is C=CCOc1ccc(C[C@@H]2NC(=O)[C@@H]3C[C@@H](CN3C(=O)[C@@H](NC(=O)[C@H](C)NC)C(C)C)n3cc(nn3)COc3ccc(cc3)C[C@@H](C(=O)O)NC(=O)[C@H](Cc3ccc(OCC=C)cc3)NC(=O)[C@@H]3C[C@@H](CN3C(=O)[C@@H](NC(=O)[C@H](C)NC)C(C)C)n3cc(nn3)COc3ccc(cc3)C[C@@H](C(=O)O)NC2=O)cc1. The van der Waals surface area contributed by atoms with Crippen molar-refractivity contribution in [2.75, 3.05) is 40.4 Å². The predicted molar refractivity (Wildman–Crippen MR) is 393 cm³/mol. The van der Waals surface area contributed by atoms with Crippen LogP contribution in [0.5, 0.6) is 23.0 Å². The van der Waals surface area contributed by atoms with E-state index < -0.39 is 144 Å². The predicted octanol–water partition coefficient (Wildman–Crippen LogP) is 2.33. The number of benzene rings is 4. The second-order valence-corrected chi connectivity index (χ2v) is 27.7. The minimum absolute atomic E-state index is 0.0515. The van der Waals surface area contributed by atoms with Crippen LogP contribution in [0.15, 0.2) is 135 Å². The number of amides is 8. The quantitative estimate of drug-likeness (QED) is 0.0436. The van der Waals surface area contributed by atoms with Crippen LogP contribution in [0.1, 0.15) is 100 Å². The summed E-state index contributed by atoms with van der Waals surface area (Å²) < 4.78 is 26.6. The van der Waals surface area contributed by atoms with Crippen molar-refractivity contribution in [1.29, 1.82) is 0 Å². The number of carboxylic acid groups (broad SMARTS) is 2. The third-order valence-corrected chi connectivity index (χ3v) is 19.2. The van der Waals surface area contributed by atoms with Crippen molar-refractivity contribution >= 4 is 59.2 Å². The molecular weight excluding hydrogens is 1390 g/mol. The van der Waals surface area contributed by atoms with Gasteiger partial charge in [0.2, 0.25) is 47.3 Å². The molecular formula is C76H96N16O16. The molecule has 0 radical (unpaired) electrons. The van der Waals surface area contributed by atoms with Crippen molar-refractivity contribution in [2.24, 2.45) is 11.8 Å². The third kappa shape index (κ3) is 21.4. The molecule has 0 spiro atoms. The summed E-state index contributed by atoms with van der Waals surface area (Å²) in [5.41, 5.74) is 2.73. The standard InChI is InChI=1S/C76H96N16O16/c1-11-29-105-55-21-13-47(14-22-55)31-59-69(95)81-61(75(101)102)33-49-17-25-57(26-18-49)107-42-52-38-92(88-86-52)54-36-64(90(40-54)74(100)66(44(5)6)84-68(94)46(8)78-10)72(98)80-60(32-48-15-23-56(24-16-48)106-30-12-2)70(96)82-62(76(103)104)34-50-19-27-58(28-20-50)108-41-51-37-91(87-85-51)53-35-63(71(97)79-59)89(39-53)73(99)65(43(3)4)83-67(93)45(7)77-9/h11-28,37-38,43-46,53-54,59-66,77-78H,1-2,29-36,39-42H2,3-10H3,(H,79,97)(H,80,98)(H,81,95)(H,82,96)(H,83,93)(H,84,94)(H,101,102)(H,103,104)/t45-,46-,53-,54-,59-,60-,61-,62-,63-,64-,65-,66-/m0/s1. The molecule has 12 rings (SSSR count). The van der Waals surface area contributed by atoms with E-state index >= 15 is 9.59 Å². The van der Waals surface area contributed by atoms with Crippen LogP contribution in [0.3, 0.4) is 0 Å². The monoisotopic (exact) mass is 1490 g/mol. The third-order valence-electron chi connectivity index (χ3n) is 19.2. The molecule has 32 heteroatoms. The lowest BCUT2D eigenvalue weighted by atomic mass is 10.0. The van der Waals surface area contributed by atoms with Gasteiger partial charge in [-0.1, -0.05) is 112 Å². The maximum atomic E-state index is 15.1. The number of rotatable bonds is 22. The molecule has 4 aromatic carbocycles. The summed E-state index contributed by atoms with van der Waals surface area (Å²) >= 11 is 0. The summed E-state index contributed by atoms with van der Waals surface area (Å²) in [6, 6.07) is 12.9. The van der Waals surface area contributed by atoms with Crippen LogP contribution in [0, 0.1) is 11.8 Å². The zero-order valence-corrected chi connectivity index (χ0v) is 61.7. The lowest BCUT2D eigenvalue weighted by Crippen LogP contribution is -2.59. The van der Waals surface area contributed by atoms with Gasteiger partial charge in [-0.05, 0) is 111 Å². The van der Waals surface area contributed by atoms with E-state index in [1.54, 1.807) is 177 Å². The van der Waals surface area contributed by atoms with E-state index in [0.29, 0.717) is 56.6 Å². The van der Waals surface area contributed by atoms with Gasteiger partial charge in [0, 0.05) is 51.6 Å². The molecule has 32 nitrogen and oxygen atoms in total. The van der Waals surface area contributed by atoms with Crippen molar-refractivity contribution in [2.45, 2.75) is 166 Å². The van der Waals surface area contributed by atoms with E-state index in [1.807, 2.05) is 0 Å². The molecule has 2 saturated heterocycles. The van der Waals surface area contributed by atoms with E-state index in [9.17, 15) is 48.6 Å². The number of carbonyl (C=O) groups is 10. The molecule has 0 saturated carbocycles. The highest BCUT2D eigenvalue weighted by Crippen LogP contribution is 2.32. The number of likely N-dealkylation sites (N-methyl/N-ethyl adjacent to an activating group) is 2. The zero-order chi connectivity index (χ0) is 77.9. The Morgan fingerprint density at radius 1 is 0.537 bits per heavy atom. The van der Waals surface area contributed by atoms with Gasteiger partial charge in [-0.2, -0.15) is 0 Å². The van der Waals surface area contributed by atoms with Gasteiger partial charge in [-0.15, -0.1) is 10.2 Å². The minimum atomic E-state index is -1.53. The fourth-order valence-corrected chi connectivity index (χ4v) is 12.7. The van der Waals surface area contributed by atoms with Gasteiger partial charge >= 0.3 is 11.9 Å². The molecule has 12 atom stereocenters. The number of carbonyl (C=O) groups excluding carboxylic acids is 8. The average molecular weight is 1490 g/mol. The first-order valence-corrected chi connectivity index (χ1v) is 35.9. The molecule has 576 valence electrons. The first-order valence-electron chi connectivity index (χ1n) is 35.9. The van der Waals surface area contributed by atoms with Gasteiger partial charge in [-0.25, -0.2) is 19.0 Å². The largest absolute Gasteiger partial charge is 0.490 e. The molecule has 6 aromatic rings. The fourth-order valence-electron chi connectivity index (χ4n) is 12.7. The highest BCUT2D eigenvalue weighted by atomic mass is 16.5. The Morgan fingerprint density at radius 3 is 1.22 bits per heavy atom. The molecule has 6 aliphatic heterocycles. The van der Waals surface area contributed by atoms with E-state index in [-0.39, 0.29) is 78.0 Å². The second kappa shape index (κ2) is 37.6. The van der Waals surface area contributed by atoms with Crippen LogP contribution in [-0.4, -0.2) is 210 Å². The van der Waals surface area contributed by atoms with Gasteiger partial charge in [0.15, 0.2) is 0 Å². The van der Waals surface area contributed by atoms with Crippen molar-refractivity contribution in [3.05, 3.63) is 168 Å². The summed E-state index contributed by atoms with van der Waals surface area (Å²) in [6.45, 7) is 17.6. The number of carboxylic acids is 2. The Bertz CT molecular complexity index is 3890. The van der Waals surface area contributed by atoms with Crippen LogP contribution < -0.4 is 61.5 Å². The maximum absolute atomic E-state index is 15.1. The molecule has 2 fully saturated rings. The highest BCUT2D eigenvalue weighted by molar-refractivity contribution is 5.98. The number of hydrogen-bond donors (Lipinski definition) is 10. The fraction of sp³-hybridized carbons (Fsp3) is 0.447. The van der Waals surface area contributed by atoms with Crippen molar-refractivity contribution < 1.29 is 77.1 Å². The highest BCUT2D eigenvalue weighted by Gasteiger charge is 2.47. The van der Waals surface area contributed by atoms with Gasteiger partial charge in [-0.3, -0.25) is 38.4 Å². The molecule has 8 heterocycles. The number of hydrogen-bond acceptors (Lipinski definition) is 20. The zero-order valence-electron chi connectivity index (χ0n) is 61.7. The molecule has 10 N–H and O–H groups in total. The normalized spacial score (nSPS) is 21.4. The molecule has 8 amide bonds. The van der Waals surface area contributed by atoms with E-state index in [4.69, 9.17) is 18.9 Å². The first kappa shape index (κ1) is 80.6. The Balaban J connectivity index is 1.05. The Hall–Kier alpha value is -11.5.